The Balaban J connectivity index is 2.31. The quantitative estimate of drug-likeness (QED) is 0.658. The van der Waals surface area contributed by atoms with E-state index in [1.54, 1.807) is 0 Å². The number of aromatic amines is 1. The normalized spacial score (nSPS) is 10.6. The summed E-state index contributed by atoms with van der Waals surface area (Å²) in [6.45, 7) is 0. The molecule has 0 saturated heterocycles. The van der Waals surface area contributed by atoms with E-state index in [1.807, 2.05) is 48.7 Å². The van der Waals surface area contributed by atoms with E-state index in [9.17, 15) is 4.79 Å². The molecule has 2 aromatic carbocycles. The molecule has 0 saturated carbocycles. The number of benzene rings is 2. The first-order valence-corrected chi connectivity index (χ1v) is 5.51. The molecular weight excluding hydrogens is 210 g/mol. The Hall–Kier alpha value is -2.35. The van der Waals surface area contributed by atoms with Crippen molar-refractivity contribution < 1.29 is 4.79 Å². The predicted molar refractivity (Wildman–Crippen MR) is 69.1 cm³/mol. The van der Waals surface area contributed by atoms with Crippen LogP contribution in [-0.4, -0.2) is 11.3 Å². The van der Waals surface area contributed by atoms with Crippen LogP contribution in [0, 0.1) is 0 Å². The highest BCUT2D eigenvalue weighted by Crippen LogP contribution is 2.30. The van der Waals surface area contributed by atoms with E-state index in [1.165, 1.54) is 0 Å². The van der Waals surface area contributed by atoms with Gasteiger partial charge in [0.1, 0.15) is 0 Å². The van der Waals surface area contributed by atoms with Gasteiger partial charge in [0.25, 0.3) is 0 Å². The zero-order valence-electron chi connectivity index (χ0n) is 9.18. The summed E-state index contributed by atoms with van der Waals surface area (Å²) in [5.74, 6) is 0. The van der Waals surface area contributed by atoms with Crippen molar-refractivity contribution in [2.45, 2.75) is 0 Å². The third-order valence-electron chi connectivity index (χ3n) is 2.97. The largest absolute Gasteiger partial charge is 0.361 e. The van der Waals surface area contributed by atoms with Crippen LogP contribution in [0.3, 0.4) is 0 Å². The number of carbonyl (C=O) groups is 1. The Kier molecular flexibility index (Phi) is 2.26. The average Bonchev–Trinajstić information content (AvgIpc) is 2.82. The molecule has 0 amide bonds. The summed E-state index contributed by atoms with van der Waals surface area (Å²) in [5, 5.41) is 1.14. The topological polar surface area (TPSA) is 32.9 Å². The van der Waals surface area contributed by atoms with E-state index in [0.717, 1.165) is 33.9 Å². The number of rotatable bonds is 2. The smallest absolute Gasteiger partial charge is 0.150 e. The van der Waals surface area contributed by atoms with Gasteiger partial charge in [-0.15, -0.1) is 0 Å². The van der Waals surface area contributed by atoms with Gasteiger partial charge in [-0.25, -0.2) is 0 Å². The SMILES string of the molecule is O=Cc1ccccc1-c1c[nH]c2ccccc12. The molecule has 1 N–H and O–H groups in total. The number of aromatic nitrogens is 1. The first-order chi connectivity index (χ1) is 8.40. The second-order valence-electron chi connectivity index (χ2n) is 3.95. The van der Waals surface area contributed by atoms with Gasteiger partial charge in [0.05, 0.1) is 0 Å². The molecule has 1 heterocycles. The molecule has 0 radical (unpaired) electrons. The zero-order valence-corrected chi connectivity index (χ0v) is 9.18. The number of fused-ring (bicyclic) bond motifs is 1. The number of para-hydroxylation sites is 1. The number of H-pyrrole nitrogens is 1. The molecule has 0 spiro atoms. The third kappa shape index (κ3) is 1.54. The highest BCUT2D eigenvalue weighted by Gasteiger charge is 2.08. The van der Waals surface area contributed by atoms with Crippen LogP contribution >= 0.6 is 0 Å². The molecular formula is C15H11NO. The molecule has 0 unspecified atom stereocenters. The Morgan fingerprint density at radius 3 is 2.53 bits per heavy atom. The van der Waals surface area contributed by atoms with Crippen LogP contribution in [0.5, 0.6) is 0 Å². The lowest BCUT2D eigenvalue weighted by atomic mass is 10.00. The number of aldehydes is 1. The second kappa shape index (κ2) is 3.91. The van der Waals surface area contributed by atoms with Gasteiger partial charge in [-0.1, -0.05) is 42.5 Å². The average molecular weight is 221 g/mol. The fourth-order valence-electron chi connectivity index (χ4n) is 2.14. The molecule has 3 rings (SSSR count). The van der Waals surface area contributed by atoms with E-state index in [4.69, 9.17) is 0 Å². The fraction of sp³-hybridized carbons (Fsp3) is 0. The van der Waals surface area contributed by atoms with E-state index >= 15 is 0 Å². The minimum absolute atomic E-state index is 0.720. The molecule has 1 aromatic heterocycles. The summed E-state index contributed by atoms with van der Waals surface area (Å²) >= 11 is 0. The Labute approximate surface area is 98.9 Å². The number of hydrogen-bond acceptors (Lipinski definition) is 1. The molecule has 2 heteroatoms. The Morgan fingerprint density at radius 1 is 0.882 bits per heavy atom. The van der Waals surface area contributed by atoms with Crippen molar-refractivity contribution in [1.82, 2.24) is 4.98 Å². The molecule has 2 nitrogen and oxygen atoms in total. The summed E-state index contributed by atoms with van der Waals surface area (Å²) in [6, 6.07) is 15.7. The molecule has 0 aliphatic carbocycles. The minimum Gasteiger partial charge on any atom is -0.361 e. The fourth-order valence-corrected chi connectivity index (χ4v) is 2.14. The van der Waals surface area contributed by atoms with E-state index in [-0.39, 0.29) is 0 Å². The lowest BCUT2D eigenvalue weighted by Gasteiger charge is -2.02. The molecule has 0 fully saturated rings. The van der Waals surface area contributed by atoms with Crippen molar-refractivity contribution in [3.05, 3.63) is 60.3 Å². The maximum absolute atomic E-state index is 11.0. The molecule has 0 aliphatic rings. The van der Waals surface area contributed by atoms with Gasteiger partial charge in [0.2, 0.25) is 0 Å². The van der Waals surface area contributed by atoms with Gasteiger partial charge in [-0.05, 0) is 11.6 Å². The van der Waals surface area contributed by atoms with Crippen LogP contribution in [0.15, 0.2) is 54.7 Å². The first-order valence-electron chi connectivity index (χ1n) is 5.51. The predicted octanol–water partition coefficient (Wildman–Crippen LogP) is 3.65. The maximum Gasteiger partial charge on any atom is 0.150 e. The summed E-state index contributed by atoms with van der Waals surface area (Å²) in [6.07, 6.45) is 2.85. The number of nitrogens with one attached hydrogen (secondary N) is 1. The lowest BCUT2D eigenvalue weighted by molar-refractivity contribution is 0.112. The molecule has 0 bridgehead atoms. The Bertz CT molecular complexity index is 682. The van der Waals surface area contributed by atoms with Gasteiger partial charge in [0.15, 0.2) is 6.29 Å². The van der Waals surface area contributed by atoms with Crippen molar-refractivity contribution in [1.29, 1.82) is 0 Å². The van der Waals surface area contributed by atoms with Gasteiger partial charge >= 0.3 is 0 Å². The van der Waals surface area contributed by atoms with Crippen LogP contribution < -0.4 is 0 Å². The van der Waals surface area contributed by atoms with Crippen LogP contribution in [0.25, 0.3) is 22.0 Å². The highest BCUT2D eigenvalue weighted by molar-refractivity contribution is 6.00. The van der Waals surface area contributed by atoms with E-state index < -0.39 is 0 Å². The minimum atomic E-state index is 0.720. The van der Waals surface area contributed by atoms with Gasteiger partial charge in [-0.3, -0.25) is 4.79 Å². The second-order valence-corrected chi connectivity index (χ2v) is 3.95. The monoisotopic (exact) mass is 221 g/mol. The molecule has 82 valence electrons. The highest BCUT2D eigenvalue weighted by atomic mass is 16.1. The first kappa shape index (κ1) is 9.85. The maximum atomic E-state index is 11.0. The molecule has 17 heavy (non-hydrogen) atoms. The zero-order chi connectivity index (χ0) is 11.7. The van der Waals surface area contributed by atoms with E-state index in [2.05, 4.69) is 11.1 Å². The van der Waals surface area contributed by atoms with Crippen LogP contribution in [0.1, 0.15) is 10.4 Å². The van der Waals surface area contributed by atoms with E-state index in [0.29, 0.717) is 0 Å². The van der Waals surface area contributed by atoms with Gasteiger partial charge < -0.3 is 4.98 Å². The van der Waals surface area contributed by atoms with Crippen molar-refractivity contribution in [3.63, 3.8) is 0 Å². The number of hydrogen-bond donors (Lipinski definition) is 1. The molecule has 0 aliphatic heterocycles. The standard InChI is InChI=1S/C15H11NO/c17-10-11-5-1-2-6-12(11)14-9-16-15-8-4-3-7-13(14)15/h1-10,16H. The summed E-state index contributed by atoms with van der Waals surface area (Å²) in [5.41, 5.74) is 3.85. The van der Waals surface area contributed by atoms with Crippen LogP contribution in [0.2, 0.25) is 0 Å². The Morgan fingerprint density at radius 2 is 1.65 bits per heavy atom. The molecule has 0 atom stereocenters. The third-order valence-corrected chi connectivity index (χ3v) is 2.97. The lowest BCUT2D eigenvalue weighted by Crippen LogP contribution is -1.85. The van der Waals surface area contributed by atoms with Crippen molar-refractivity contribution in [2.75, 3.05) is 0 Å². The van der Waals surface area contributed by atoms with Crippen molar-refractivity contribution in [2.24, 2.45) is 0 Å². The van der Waals surface area contributed by atoms with Gasteiger partial charge in [-0.2, -0.15) is 0 Å². The number of carbonyl (C=O) groups excluding carboxylic acids is 1. The summed E-state index contributed by atoms with van der Waals surface area (Å²) < 4.78 is 0. The van der Waals surface area contributed by atoms with Gasteiger partial charge in [0, 0.05) is 28.2 Å². The van der Waals surface area contributed by atoms with Crippen molar-refractivity contribution >= 4 is 17.2 Å². The molecule has 3 aromatic rings. The van der Waals surface area contributed by atoms with Crippen LogP contribution in [0.4, 0.5) is 0 Å². The van der Waals surface area contributed by atoms with Crippen molar-refractivity contribution in [3.8, 4) is 11.1 Å². The van der Waals surface area contributed by atoms with Crippen LogP contribution in [-0.2, 0) is 0 Å². The summed E-state index contributed by atoms with van der Waals surface area (Å²) in [7, 11) is 0. The summed E-state index contributed by atoms with van der Waals surface area (Å²) in [4.78, 5) is 14.3.